The Labute approximate surface area is 96.4 Å². The van der Waals surface area contributed by atoms with Crippen LogP contribution in [0.3, 0.4) is 0 Å². The van der Waals surface area contributed by atoms with Crippen molar-refractivity contribution >= 4 is 5.69 Å². The third-order valence-corrected chi connectivity index (χ3v) is 3.00. The Balaban J connectivity index is 1.98. The quantitative estimate of drug-likeness (QED) is 0.821. The predicted octanol–water partition coefficient (Wildman–Crippen LogP) is 1.45. The Morgan fingerprint density at radius 3 is 2.75 bits per heavy atom. The molecule has 1 aliphatic heterocycles. The minimum absolute atomic E-state index is 0.297. The number of likely N-dealkylation sites (tertiary alicyclic amines) is 1. The Morgan fingerprint density at radius 2 is 2.12 bits per heavy atom. The zero-order chi connectivity index (χ0) is 11.5. The van der Waals surface area contributed by atoms with Gasteiger partial charge in [-0.2, -0.15) is 0 Å². The lowest BCUT2D eigenvalue weighted by Gasteiger charge is -2.29. The van der Waals surface area contributed by atoms with E-state index in [0.717, 1.165) is 37.4 Å². The molecule has 1 aliphatic rings. The van der Waals surface area contributed by atoms with E-state index in [1.165, 1.54) is 0 Å². The van der Waals surface area contributed by atoms with E-state index in [4.69, 9.17) is 10.5 Å². The zero-order valence-corrected chi connectivity index (χ0v) is 9.94. The van der Waals surface area contributed by atoms with Gasteiger partial charge in [0.2, 0.25) is 5.88 Å². The van der Waals surface area contributed by atoms with E-state index < -0.39 is 0 Å². The number of ether oxygens (including phenoxy) is 1. The van der Waals surface area contributed by atoms with Crippen LogP contribution < -0.4 is 10.5 Å². The van der Waals surface area contributed by atoms with Crippen LogP contribution in [-0.2, 0) is 0 Å². The summed E-state index contributed by atoms with van der Waals surface area (Å²) in [4.78, 5) is 6.55. The normalized spacial score (nSPS) is 18.6. The van der Waals surface area contributed by atoms with Crippen LogP contribution in [0.5, 0.6) is 5.88 Å². The van der Waals surface area contributed by atoms with Crippen LogP contribution in [0, 0.1) is 6.92 Å². The first-order chi connectivity index (χ1) is 7.65. The number of nitrogens with zero attached hydrogens (tertiary/aromatic N) is 2. The van der Waals surface area contributed by atoms with Gasteiger partial charge >= 0.3 is 0 Å². The smallest absolute Gasteiger partial charge is 0.216 e. The van der Waals surface area contributed by atoms with E-state index in [9.17, 15) is 0 Å². The monoisotopic (exact) mass is 221 g/mol. The number of hydrogen-bond donors (Lipinski definition) is 1. The molecular formula is C12H19N3O. The summed E-state index contributed by atoms with van der Waals surface area (Å²) in [5.41, 5.74) is 7.36. The molecule has 0 bridgehead atoms. The first-order valence-corrected chi connectivity index (χ1v) is 5.72. The number of rotatable bonds is 2. The van der Waals surface area contributed by atoms with E-state index >= 15 is 0 Å². The molecule has 0 atom stereocenters. The fourth-order valence-corrected chi connectivity index (χ4v) is 1.97. The van der Waals surface area contributed by atoms with Crippen molar-refractivity contribution in [3.8, 4) is 5.88 Å². The number of pyridine rings is 1. The van der Waals surface area contributed by atoms with Crippen molar-refractivity contribution in [3.63, 3.8) is 0 Å². The van der Waals surface area contributed by atoms with Crippen molar-refractivity contribution in [1.29, 1.82) is 0 Å². The first-order valence-electron chi connectivity index (χ1n) is 5.72. The highest BCUT2D eigenvalue weighted by molar-refractivity contribution is 5.41. The summed E-state index contributed by atoms with van der Waals surface area (Å²) in [6.45, 7) is 4.17. The molecule has 4 nitrogen and oxygen atoms in total. The summed E-state index contributed by atoms with van der Waals surface area (Å²) in [6, 6.07) is 1.90. The molecule has 0 aliphatic carbocycles. The highest BCUT2D eigenvalue weighted by Crippen LogP contribution is 2.21. The van der Waals surface area contributed by atoms with E-state index in [1.54, 1.807) is 6.20 Å². The molecule has 1 aromatic rings. The molecular weight excluding hydrogens is 202 g/mol. The predicted molar refractivity (Wildman–Crippen MR) is 64.5 cm³/mol. The lowest BCUT2D eigenvalue weighted by molar-refractivity contribution is 0.109. The summed E-state index contributed by atoms with van der Waals surface area (Å²) < 4.78 is 5.90. The van der Waals surface area contributed by atoms with Crippen molar-refractivity contribution < 1.29 is 4.74 Å². The average Bonchev–Trinajstić information content (AvgIpc) is 2.25. The third-order valence-electron chi connectivity index (χ3n) is 3.00. The fraction of sp³-hybridized carbons (Fsp3) is 0.583. The van der Waals surface area contributed by atoms with Crippen LogP contribution in [0.2, 0.25) is 0 Å². The van der Waals surface area contributed by atoms with Gasteiger partial charge in [0.1, 0.15) is 6.10 Å². The second kappa shape index (κ2) is 4.70. The van der Waals surface area contributed by atoms with Gasteiger partial charge in [-0.15, -0.1) is 0 Å². The summed E-state index contributed by atoms with van der Waals surface area (Å²) in [6.07, 6.45) is 4.09. The Bertz CT molecular complexity index is 359. The molecule has 4 heteroatoms. The Morgan fingerprint density at radius 1 is 1.44 bits per heavy atom. The van der Waals surface area contributed by atoms with Gasteiger partial charge in [-0.3, -0.25) is 0 Å². The molecule has 0 spiro atoms. The van der Waals surface area contributed by atoms with Crippen LogP contribution in [0.4, 0.5) is 5.69 Å². The molecule has 1 fully saturated rings. The van der Waals surface area contributed by atoms with E-state index in [-0.39, 0.29) is 0 Å². The lowest BCUT2D eigenvalue weighted by atomic mass is 10.1. The minimum atomic E-state index is 0.297. The Kier molecular flexibility index (Phi) is 3.29. The van der Waals surface area contributed by atoms with Gasteiger partial charge in [0.05, 0.1) is 11.9 Å². The third kappa shape index (κ3) is 2.64. The van der Waals surface area contributed by atoms with E-state index in [0.29, 0.717) is 11.8 Å². The van der Waals surface area contributed by atoms with Gasteiger partial charge in [-0.1, -0.05) is 0 Å². The highest BCUT2D eigenvalue weighted by atomic mass is 16.5. The number of piperidine rings is 1. The molecule has 2 N–H and O–H groups in total. The SMILES string of the molecule is Cc1cc(N)cnc1OC1CCN(C)CC1. The molecule has 0 radical (unpaired) electrons. The molecule has 0 aromatic carbocycles. The molecule has 88 valence electrons. The van der Waals surface area contributed by atoms with Crippen molar-refractivity contribution in [1.82, 2.24) is 9.88 Å². The van der Waals surface area contributed by atoms with Crippen molar-refractivity contribution in [2.45, 2.75) is 25.9 Å². The maximum Gasteiger partial charge on any atom is 0.216 e. The number of nitrogen functional groups attached to an aromatic ring is 1. The molecule has 0 saturated carbocycles. The molecule has 16 heavy (non-hydrogen) atoms. The van der Waals surface area contributed by atoms with Gasteiger partial charge in [-0.05, 0) is 32.9 Å². The topological polar surface area (TPSA) is 51.4 Å². The van der Waals surface area contributed by atoms with Gasteiger partial charge < -0.3 is 15.4 Å². The number of aromatic nitrogens is 1. The molecule has 2 rings (SSSR count). The number of hydrogen-bond acceptors (Lipinski definition) is 4. The van der Waals surface area contributed by atoms with E-state index in [1.807, 2.05) is 13.0 Å². The summed E-state index contributed by atoms with van der Waals surface area (Å²) in [7, 11) is 2.14. The summed E-state index contributed by atoms with van der Waals surface area (Å²) >= 11 is 0. The van der Waals surface area contributed by atoms with Crippen LogP contribution in [0.15, 0.2) is 12.3 Å². The van der Waals surface area contributed by atoms with Crippen LogP contribution in [0.1, 0.15) is 18.4 Å². The number of nitrogens with two attached hydrogens (primary N) is 1. The molecule has 1 saturated heterocycles. The van der Waals surface area contributed by atoms with Crippen LogP contribution >= 0.6 is 0 Å². The minimum Gasteiger partial charge on any atom is -0.474 e. The van der Waals surface area contributed by atoms with Gasteiger partial charge in [-0.25, -0.2) is 4.98 Å². The van der Waals surface area contributed by atoms with Crippen molar-refractivity contribution in [2.24, 2.45) is 0 Å². The maximum absolute atomic E-state index is 5.90. The molecule has 0 amide bonds. The first kappa shape index (κ1) is 11.2. The molecule has 2 heterocycles. The summed E-state index contributed by atoms with van der Waals surface area (Å²) in [5.74, 6) is 0.726. The number of aryl methyl sites for hydroxylation is 1. The van der Waals surface area contributed by atoms with Crippen LogP contribution in [0.25, 0.3) is 0 Å². The maximum atomic E-state index is 5.90. The van der Waals surface area contributed by atoms with Gasteiger partial charge in [0, 0.05) is 18.7 Å². The molecule has 0 unspecified atom stereocenters. The van der Waals surface area contributed by atoms with Crippen molar-refractivity contribution in [3.05, 3.63) is 17.8 Å². The molecule has 1 aromatic heterocycles. The second-order valence-corrected chi connectivity index (χ2v) is 4.51. The number of anilines is 1. The fourth-order valence-electron chi connectivity index (χ4n) is 1.97. The largest absolute Gasteiger partial charge is 0.474 e. The highest BCUT2D eigenvalue weighted by Gasteiger charge is 2.19. The van der Waals surface area contributed by atoms with Gasteiger partial charge in [0.25, 0.3) is 0 Å². The standard InChI is InChI=1S/C12H19N3O/c1-9-7-10(13)8-14-12(9)16-11-3-5-15(2)6-4-11/h7-8,11H,3-6,13H2,1-2H3. The van der Waals surface area contributed by atoms with E-state index in [2.05, 4.69) is 16.9 Å². The zero-order valence-electron chi connectivity index (χ0n) is 9.94. The Hall–Kier alpha value is -1.29. The van der Waals surface area contributed by atoms with Gasteiger partial charge in [0.15, 0.2) is 0 Å². The van der Waals surface area contributed by atoms with Crippen molar-refractivity contribution in [2.75, 3.05) is 25.9 Å². The average molecular weight is 221 g/mol. The lowest BCUT2D eigenvalue weighted by Crippen LogP contribution is -2.35. The van der Waals surface area contributed by atoms with Crippen LogP contribution in [-0.4, -0.2) is 36.1 Å². The second-order valence-electron chi connectivity index (χ2n) is 4.51. The summed E-state index contributed by atoms with van der Waals surface area (Å²) in [5, 5.41) is 0.